The molecule has 0 aliphatic carbocycles. The Morgan fingerprint density at radius 1 is 1.31 bits per heavy atom. The molecule has 0 aliphatic rings. The van der Waals surface area contributed by atoms with Gasteiger partial charge in [0, 0.05) is 11.9 Å². The van der Waals surface area contributed by atoms with Crippen LogP contribution in [0.25, 0.3) is 5.69 Å². The fourth-order valence-electron chi connectivity index (χ4n) is 1.24. The zero-order valence-electron chi connectivity index (χ0n) is 7.89. The van der Waals surface area contributed by atoms with E-state index in [4.69, 9.17) is 0 Å². The van der Waals surface area contributed by atoms with Gasteiger partial charge in [-0.2, -0.15) is 0 Å². The molecule has 1 aromatic carbocycles. The number of carbonyl (C=O) groups is 1. The third-order valence-corrected chi connectivity index (χ3v) is 3.23. The number of aromatic nitrogens is 2. The van der Waals surface area contributed by atoms with Gasteiger partial charge in [-0.05, 0) is 44.0 Å². The minimum absolute atomic E-state index is 0.138. The number of phenols is 1. The molecule has 1 heterocycles. The maximum atomic E-state index is 10.5. The number of rotatable bonds is 2. The Balaban J connectivity index is 2.52. The Labute approximate surface area is 108 Å². The highest BCUT2D eigenvalue weighted by Crippen LogP contribution is 2.34. The summed E-state index contributed by atoms with van der Waals surface area (Å²) in [6.07, 6.45) is 3.83. The lowest BCUT2D eigenvalue weighted by Gasteiger charge is -2.06. The molecule has 0 atom stereocenters. The second-order valence-electron chi connectivity index (χ2n) is 3.08. The molecule has 0 radical (unpaired) electrons. The Bertz CT molecular complexity index is 528. The van der Waals surface area contributed by atoms with Crippen LogP contribution in [-0.2, 0) is 0 Å². The first kappa shape index (κ1) is 11.3. The molecule has 1 N–H and O–H groups in total. The van der Waals surface area contributed by atoms with Gasteiger partial charge in [0.25, 0.3) is 0 Å². The van der Waals surface area contributed by atoms with Crippen molar-refractivity contribution in [2.75, 3.05) is 0 Å². The van der Waals surface area contributed by atoms with E-state index >= 15 is 0 Å². The van der Waals surface area contributed by atoms with Crippen LogP contribution in [0.2, 0.25) is 0 Å². The van der Waals surface area contributed by atoms with Gasteiger partial charge in [0.2, 0.25) is 0 Å². The second kappa shape index (κ2) is 4.39. The van der Waals surface area contributed by atoms with Crippen LogP contribution < -0.4 is 0 Å². The van der Waals surface area contributed by atoms with E-state index in [1.807, 2.05) is 0 Å². The average Bonchev–Trinajstić information content (AvgIpc) is 2.73. The number of nitrogens with zero attached hydrogens (tertiary/aromatic N) is 2. The van der Waals surface area contributed by atoms with Crippen LogP contribution >= 0.6 is 31.9 Å². The minimum Gasteiger partial charge on any atom is -0.506 e. The number of carbonyl (C=O) groups excluding carboxylic acids is 1. The molecule has 16 heavy (non-hydrogen) atoms. The molecule has 0 saturated carbocycles. The van der Waals surface area contributed by atoms with Gasteiger partial charge in [0.05, 0.1) is 8.95 Å². The number of imidazole rings is 1. The number of hydrogen-bond donors (Lipinski definition) is 1. The summed E-state index contributed by atoms with van der Waals surface area (Å²) in [7, 11) is 0. The first-order valence-electron chi connectivity index (χ1n) is 4.29. The standard InChI is InChI=1S/C10H6Br2N2O2/c11-8-1-7(2-9(12)10(8)16)14-3-6(4-15)13-5-14/h1-5,16H. The number of benzene rings is 1. The number of hydrogen-bond acceptors (Lipinski definition) is 3. The molecule has 0 unspecified atom stereocenters. The molecule has 6 heteroatoms. The lowest BCUT2D eigenvalue weighted by Crippen LogP contribution is -1.90. The monoisotopic (exact) mass is 344 g/mol. The van der Waals surface area contributed by atoms with Crippen molar-refractivity contribution in [2.45, 2.75) is 0 Å². The van der Waals surface area contributed by atoms with Crippen LogP contribution in [0, 0.1) is 0 Å². The van der Waals surface area contributed by atoms with Crippen molar-refractivity contribution in [3.63, 3.8) is 0 Å². The average molecular weight is 346 g/mol. The first-order chi connectivity index (χ1) is 7.61. The molecule has 1 aromatic heterocycles. The van der Waals surface area contributed by atoms with Crippen molar-refractivity contribution in [2.24, 2.45) is 0 Å². The van der Waals surface area contributed by atoms with E-state index in [0.29, 0.717) is 20.9 Å². The number of aromatic hydroxyl groups is 1. The predicted molar refractivity (Wildman–Crippen MR) is 66.0 cm³/mol. The molecule has 82 valence electrons. The van der Waals surface area contributed by atoms with Crippen LogP contribution in [-0.4, -0.2) is 20.9 Å². The van der Waals surface area contributed by atoms with Crippen molar-refractivity contribution in [1.82, 2.24) is 9.55 Å². The van der Waals surface area contributed by atoms with Gasteiger partial charge in [-0.1, -0.05) is 0 Å². The largest absolute Gasteiger partial charge is 0.506 e. The summed E-state index contributed by atoms with van der Waals surface area (Å²) in [5, 5.41) is 9.55. The molecule has 0 aliphatic heterocycles. The van der Waals surface area contributed by atoms with E-state index in [9.17, 15) is 9.90 Å². The Morgan fingerprint density at radius 2 is 1.94 bits per heavy atom. The van der Waals surface area contributed by atoms with Gasteiger partial charge in [0.15, 0.2) is 6.29 Å². The molecule has 0 spiro atoms. The van der Waals surface area contributed by atoms with E-state index < -0.39 is 0 Å². The molecule has 0 saturated heterocycles. The summed E-state index contributed by atoms with van der Waals surface area (Å²) < 4.78 is 2.83. The number of halogens is 2. The zero-order valence-corrected chi connectivity index (χ0v) is 11.1. The molecule has 0 fully saturated rings. The summed E-state index contributed by atoms with van der Waals surface area (Å²) in [6.45, 7) is 0. The molecular weight excluding hydrogens is 340 g/mol. The van der Waals surface area contributed by atoms with Crippen molar-refractivity contribution >= 4 is 38.1 Å². The topological polar surface area (TPSA) is 55.1 Å². The fraction of sp³-hybridized carbons (Fsp3) is 0. The summed E-state index contributed by atoms with van der Waals surface area (Å²) in [5.74, 6) is 0.138. The predicted octanol–water partition coefficient (Wildman–Crippen LogP) is 2.92. The highest BCUT2D eigenvalue weighted by Gasteiger charge is 2.07. The molecule has 0 bridgehead atoms. The van der Waals surface area contributed by atoms with Gasteiger partial charge in [-0.25, -0.2) is 4.98 Å². The van der Waals surface area contributed by atoms with Gasteiger partial charge >= 0.3 is 0 Å². The van der Waals surface area contributed by atoms with E-state index in [1.54, 1.807) is 22.9 Å². The van der Waals surface area contributed by atoms with Gasteiger partial charge < -0.3 is 9.67 Å². The van der Waals surface area contributed by atoms with Crippen molar-refractivity contribution < 1.29 is 9.90 Å². The van der Waals surface area contributed by atoms with E-state index in [0.717, 1.165) is 5.69 Å². The molecule has 4 nitrogen and oxygen atoms in total. The molecule has 2 aromatic rings. The summed E-state index contributed by atoms with van der Waals surface area (Å²) in [5.41, 5.74) is 1.15. The normalized spacial score (nSPS) is 10.4. The summed E-state index contributed by atoms with van der Waals surface area (Å²) in [4.78, 5) is 14.4. The van der Waals surface area contributed by atoms with Crippen LogP contribution in [0.15, 0.2) is 33.6 Å². The van der Waals surface area contributed by atoms with Crippen molar-refractivity contribution in [1.29, 1.82) is 0 Å². The maximum Gasteiger partial charge on any atom is 0.170 e. The molecule has 2 rings (SSSR count). The smallest absolute Gasteiger partial charge is 0.170 e. The third-order valence-electron chi connectivity index (χ3n) is 2.02. The zero-order chi connectivity index (χ0) is 11.7. The third kappa shape index (κ3) is 2.03. The highest BCUT2D eigenvalue weighted by atomic mass is 79.9. The maximum absolute atomic E-state index is 10.5. The van der Waals surface area contributed by atoms with Crippen LogP contribution in [0.4, 0.5) is 0 Å². The van der Waals surface area contributed by atoms with E-state index in [2.05, 4.69) is 36.8 Å². The molecular formula is C10H6Br2N2O2. The number of aldehydes is 1. The number of phenolic OH excluding ortho intramolecular Hbond substituents is 1. The van der Waals surface area contributed by atoms with E-state index in [-0.39, 0.29) is 5.75 Å². The lowest BCUT2D eigenvalue weighted by atomic mass is 10.3. The Hall–Kier alpha value is -1.14. The van der Waals surface area contributed by atoms with Gasteiger partial charge in [-0.3, -0.25) is 4.79 Å². The SMILES string of the molecule is O=Cc1cn(-c2cc(Br)c(O)c(Br)c2)cn1. The van der Waals surface area contributed by atoms with Crippen LogP contribution in [0.1, 0.15) is 10.5 Å². The Morgan fingerprint density at radius 3 is 2.44 bits per heavy atom. The van der Waals surface area contributed by atoms with Crippen LogP contribution in [0.3, 0.4) is 0 Å². The highest BCUT2D eigenvalue weighted by molar-refractivity contribution is 9.11. The lowest BCUT2D eigenvalue weighted by molar-refractivity contribution is 0.111. The van der Waals surface area contributed by atoms with Crippen molar-refractivity contribution in [3.05, 3.63) is 39.3 Å². The fourth-order valence-corrected chi connectivity index (χ4v) is 2.40. The minimum atomic E-state index is 0.138. The van der Waals surface area contributed by atoms with Gasteiger partial charge in [0.1, 0.15) is 17.8 Å². The first-order valence-corrected chi connectivity index (χ1v) is 5.88. The quantitative estimate of drug-likeness (QED) is 0.851. The summed E-state index contributed by atoms with van der Waals surface area (Å²) >= 11 is 6.47. The van der Waals surface area contributed by atoms with Gasteiger partial charge in [-0.15, -0.1) is 0 Å². The van der Waals surface area contributed by atoms with Crippen LogP contribution in [0.5, 0.6) is 5.75 Å². The van der Waals surface area contributed by atoms with Crippen molar-refractivity contribution in [3.8, 4) is 11.4 Å². The second-order valence-corrected chi connectivity index (χ2v) is 4.79. The molecule has 0 amide bonds. The Kier molecular flexibility index (Phi) is 3.11. The summed E-state index contributed by atoms with van der Waals surface area (Å²) in [6, 6.07) is 3.46. The van der Waals surface area contributed by atoms with E-state index in [1.165, 1.54) is 6.33 Å².